The summed E-state index contributed by atoms with van der Waals surface area (Å²) >= 11 is 0. The lowest BCUT2D eigenvalue weighted by Crippen LogP contribution is -2.35. The highest BCUT2D eigenvalue weighted by Crippen LogP contribution is 2.19. The minimum atomic E-state index is 0.0706. The highest BCUT2D eigenvalue weighted by atomic mass is 16.1. The molecule has 0 atom stereocenters. The number of Topliss-reactive ketones (excluding diaryl/α,β-unsaturated/α-hetero) is 2. The predicted molar refractivity (Wildman–Crippen MR) is 62.9 cm³/mol. The van der Waals surface area contributed by atoms with Crippen LogP contribution in [-0.2, 0) is 4.79 Å². The fourth-order valence-corrected chi connectivity index (χ4v) is 1.97. The van der Waals surface area contributed by atoms with Crippen LogP contribution in [0.5, 0.6) is 0 Å². The van der Waals surface area contributed by atoms with Crippen molar-refractivity contribution in [3.63, 3.8) is 0 Å². The lowest BCUT2D eigenvalue weighted by Gasteiger charge is -2.27. The lowest BCUT2D eigenvalue weighted by molar-refractivity contribution is -0.118. The van der Waals surface area contributed by atoms with Gasteiger partial charge in [-0.1, -0.05) is 0 Å². The highest BCUT2D eigenvalue weighted by Gasteiger charge is 2.16. The van der Waals surface area contributed by atoms with E-state index >= 15 is 0 Å². The number of rotatable bonds is 2. The molecule has 0 aromatic heterocycles. The Kier molecular flexibility index (Phi) is 3.04. The molecule has 0 bridgehead atoms. The highest BCUT2D eigenvalue weighted by molar-refractivity contribution is 5.94. The Morgan fingerprint density at radius 3 is 2.50 bits per heavy atom. The van der Waals surface area contributed by atoms with E-state index in [1.54, 1.807) is 6.92 Å². The van der Waals surface area contributed by atoms with E-state index in [-0.39, 0.29) is 5.78 Å². The van der Waals surface area contributed by atoms with E-state index in [0.717, 1.165) is 18.7 Å². The van der Waals surface area contributed by atoms with Gasteiger partial charge in [0.25, 0.3) is 0 Å². The number of carbonyl (C=O) groups excluding carboxylic acids is 2. The third kappa shape index (κ3) is 2.30. The quantitative estimate of drug-likeness (QED) is 0.711. The number of benzene rings is 1. The molecule has 0 spiro atoms. The van der Waals surface area contributed by atoms with Crippen molar-refractivity contribution in [1.29, 1.82) is 0 Å². The first kappa shape index (κ1) is 10.9. The second-order valence-corrected chi connectivity index (χ2v) is 4.17. The van der Waals surface area contributed by atoms with Crippen molar-refractivity contribution in [2.45, 2.75) is 19.8 Å². The number of ketones is 2. The van der Waals surface area contributed by atoms with Crippen molar-refractivity contribution in [2.75, 3.05) is 18.0 Å². The molecule has 1 heterocycles. The molecule has 0 N–H and O–H groups in total. The summed E-state index contributed by atoms with van der Waals surface area (Å²) in [7, 11) is 0. The van der Waals surface area contributed by atoms with Crippen LogP contribution < -0.4 is 4.90 Å². The van der Waals surface area contributed by atoms with Crippen molar-refractivity contribution < 1.29 is 9.59 Å². The second-order valence-electron chi connectivity index (χ2n) is 4.17. The van der Waals surface area contributed by atoms with Crippen LogP contribution in [0.3, 0.4) is 0 Å². The number of carbonyl (C=O) groups is 2. The number of anilines is 1. The molecule has 1 aromatic rings. The summed E-state index contributed by atoms with van der Waals surface area (Å²) in [6, 6.07) is 7.46. The predicted octanol–water partition coefficient (Wildman–Crippen LogP) is 2.06. The maximum atomic E-state index is 11.3. The van der Waals surface area contributed by atoms with E-state index in [1.165, 1.54) is 0 Å². The van der Waals surface area contributed by atoms with Crippen molar-refractivity contribution in [1.82, 2.24) is 0 Å². The SMILES string of the molecule is CC(=O)c1ccc(N2CCCC(=O)C2)cc1. The maximum absolute atomic E-state index is 11.3. The summed E-state index contributed by atoms with van der Waals surface area (Å²) in [5.41, 5.74) is 1.74. The third-order valence-electron chi connectivity index (χ3n) is 2.89. The van der Waals surface area contributed by atoms with E-state index < -0.39 is 0 Å². The zero-order chi connectivity index (χ0) is 11.5. The normalized spacial score (nSPS) is 16.3. The van der Waals surface area contributed by atoms with Gasteiger partial charge >= 0.3 is 0 Å². The fraction of sp³-hybridized carbons (Fsp3) is 0.385. The van der Waals surface area contributed by atoms with Gasteiger partial charge < -0.3 is 4.90 Å². The van der Waals surface area contributed by atoms with Gasteiger partial charge in [0.1, 0.15) is 0 Å². The lowest BCUT2D eigenvalue weighted by atomic mass is 10.1. The summed E-state index contributed by atoms with van der Waals surface area (Å²) in [4.78, 5) is 24.5. The molecule has 0 amide bonds. The number of hydrogen-bond donors (Lipinski definition) is 0. The molecule has 2 rings (SSSR count). The summed E-state index contributed by atoms with van der Waals surface area (Å²) in [5, 5.41) is 0. The Hall–Kier alpha value is -1.64. The molecule has 16 heavy (non-hydrogen) atoms. The van der Waals surface area contributed by atoms with Crippen LogP contribution in [0.15, 0.2) is 24.3 Å². The van der Waals surface area contributed by atoms with E-state index in [0.29, 0.717) is 24.3 Å². The zero-order valence-corrected chi connectivity index (χ0v) is 9.40. The molecule has 1 saturated heterocycles. The molecular formula is C13H15NO2. The van der Waals surface area contributed by atoms with Gasteiger partial charge in [-0.2, -0.15) is 0 Å². The number of piperidine rings is 1. The minimum Gasteiger partial charge on any atom is -0.364 e. The van der Waals surface area contributed by atoms with E-state index in [9.17, 15) is 9.59 Å². The van der Waals surface area contributed by atoms with Crippen molar-refractivity contribution in [3.8, 4) is 0 Å². The van der Waals surface area contributed by atoms with E-state index in [4.69, 9.17) is 0 Å². The fourth-order valence-electron chi connectivity index (χ4n) is 1.97. The third-order valence-corrected chi connectivity index (χ3v) is 2.89. The van der Waals surface area contributed by atoms with Gasteiger partial charge in [-0.3, -0.25) is 9.59 Å². The summed E-state index contributed by atoms with van der Waals surface area (Å²) < 4.78 is 0. The molecule has 3 nitrogen and oxygen atoms in total. The van der Waals surface area contributed by atoms with Gasteiger partial charge in [0.15, 0.2) is 11.6 Å². The molecule has 0 saturated carbocycles. The topological polar surface area (TPSA) is 37.4 Å². The Bertz CT molecular complexity index is 408. The Morgan fingerprint density at radius 1 is 1.25 bits per heavy atom. The first-order valence-electron chi connectivity index (χ1n) is 5.54. The molecule has 1 fully saturated rings. The summed E-state index contributed by atoms with van der Waals surface area (Å²) in [6.45, 7) is 2.98. The van der Waals surface area contributed by atoms with Gasteiger partial charge in [0.2, 0.25) is 0 Å². The molecular weight excluding hydrogens is 202 g/mol. The average molecular weight is 217 g/mol. The van der Waals surface area contributed by atoms with Gasteiger partial charge in [0, 0.05) is 24.2 Å². The Morgan fingerprint density at radius 2 is 1.94 bits per heavy atom. The van der Waals surface area contributed by atoms with Crippen LogP contribution in [0.25, 0.3) is 0 Å². The monoisotopic (exact) mass is 217 g/mol. The average Bonchev–Trinajstić information content (AvgIpc) is 2.29. The summed E-state index contributed by atoms with van der Waals surface area (Å²) in [6.07, 6.45) is 1.62. The molecule has 84 valence electrons. The first-order valence-corrected chi connectivity index (χ1v) is 5.54. The van der Waals surface area contributed by atoms with Gasteiger partial charge in [-0.05, 0) is 37.6 Å². The van der Waals surface area contributed by atoms with Gasteiger partial charge in [-0.15, -0.1) is 0 Å². The minimum absolute atomic E-state index is 0.0706. The Balaban J connectivity index is 2.14. The van der Waals surface area contributed by atoms with Crippen molar-refractivity contribution >= 4 is 17.3 Å². The number of hydrogen-bond acceptors (Lipinski definition) is 3. The second kappa shape index (κ2) is 4.47. The first-order chi connectivity index (χ1) is 7.66. The molecule has 1 aliphatic heterocycles. The largest absolute Gasteiger partial charge is 0.364 e. The smallest absolute Gasteiger partial charge is 0.159 e. The van der Waals surface area contributed by atoms with Gasteiger partial charge in [0.05, 0.1) is 6.54 Å². The van der Waals surface area contributed by atoms with Crippen LogP contribution >= 0.6 is 0 Å². The molecule has 3 heteroatoms. The maximum Gasteiger partial charge on any atom is 0.159 e. The Labute approximate surface area is 95.1 Å². The molecule has 0 unspecified atom stereocenters. The van der Waals surface area contributed by atoms with Crippen LogP contribution in [0.4, 0.5) is 5.69 Å². The van der Waals surface area contributed by atoms with E-state index in [2.05, 4.69) is 4.90 Å². The summed E-state index contributed by atoms with van der Waals surface area (Å²) in [5.74, 6) is 0.364. The molecule has 1 aromatic carbocycles. The van der Waals surface area contributed by atoms with E-state index in [1.807, 2.05) is 24.3 Å². The molecule has 0 aliphatic carbocycles. The molecule has 1 aliphatic rings. The van der Waals surface area contributed by atoms with Crippen molar-refractivity contribution in [2.24, 2.45) is 0 Å². The van der Waals surface area contributed by atoms with Crippen LogP contribution in [0.1, 0.15) is 30.1 Å². The number of nitrogens with zero attached hydrogens (tertiary/aromatic N) is 1. The zero-order valence-electron chi connectivity index (χ0n) is 9.40. The standard InChI is InChI=1S/C13H15NO2/c1-10(15)11-4-6-12(7-5-11)14-8-2-3-13(16)9-14/h4-7H,2-3,8-9H2,1H3. The van der Waals surface area contributed by atoms with Gasteiger partial charge in [-0.25, -0.2) is 0 Å². The van der Waals surface area contributed by atoms with Crippen LogP contribution in [-0.4, -0.2) is 24.7 Å². The van der Waals surface area contributed by atoms with Crippen LogP contribution in [0.2, 0.25) is 0 Å². The molecule has 0 radical (unpaired) electrons. The van der Waals surface area contributed by atoms with Crippen molar-refractivity contribution in [3.05, 3.63) is 29.8 Å². The van der Waals surface area contributed by atoms with Crippen LogP contribution in [0, 0.1) is 0 Å².